The first-order valence-corrected chi connectivity index (χ1v) is 6.04. The SMILES string of the molecule is COc1ccc(NCCOCCC(C)C)cn1. The highest BCUT2D eigenvalue weighted by Crippen LogP contribution is 2.10. The second-order valence-electron chi connectivity index (χ2n) is 4.31. The van der Waals surface area contributed by atoms with Crippen molar-refractivity contribution >= 4 is 5.69 Å². The molecular weight excluding hydrogens is 216 g/mol. The van der Waals surface area contributed by atoms with E-state index in [0.717, 1.165) is 31.9 Å². The minimum atomic E-state index is 0.628. The van der Waals surface area contributed by atoms with E-state index in [0.29, 0.717) is 11.8 Å². The summed E-state index contributed by atoms with van der Waals surface area (Å²) in [5.74, 6) is 1.33. The van der Waals surface area contributed by atoms with Crippen LogP contribution in [0.4, 0.5) is 5.69 Å². The lowest BCUT2D eigenvalue weighted by Gasteiger charge is -2.08. The van der Waals surface area contributed by atoms with E-state index in [9.17, 15) is 0 Å². The predicted octanol–water partition coefficient (Wildman–Crippen LogP) is 2.56. The van der Waals surface area contributed by atoms with Gasteiger partial charge in [0.15, 0.2) is 0 Å². The van der Waals surface area contributed by atoms with Gasteiger partial charge in [0, 0.05) is 19.2 Å². The highest BCUT2D eigenvalue weighted by molar-refractivity contribution is 5.41. The van der Waals surface area contributed by atoms with Crippen LogP contribution in [0.5, 0.6) is 5.88 Å². The lowest BCUT2D eigenvalue weighted by atomic mass is 10.1. The van der Waals surface area contributed by atoms with Gasteiger partial charge >= 0.3 is 0 Å². The van der Waals surface area contributed by atoms with E-state index in [1.54, 1.807) is 13.3 Å². The largest absolute Gasteiger partial charge is 0.481 e. The van der Waals surface area contributed by atoms with Gasteiger partial charge in [-0.1, -0.05) is 13.8 Å². The molecule has 0 saturated carbocycles. The molecular formula is C13H22N2O2. The van der Waals surface area contributed by atoms with Crippen LogP contribution in [-0.2, 0) is 4.74 Å². The van der Waals surface area contributed by atoms with Gasteiger partial charge in [0.1, 0.15) is 0 Å². The van der Waals surface area contributed by atoms with Crippen molar-refractivity contribution in [3.63, 3.8) is 0 Å². The highest BCUT2D eigenvalue weighted by Gasteiger charge is 1.96. The van der Waals surface area contributed by atoms with E-state index in [-0.39, 0.29) is 0 Å². The average Bonchev–Trinajstić information content (AvgIpc) is 2.34. The fourth-order valence-electron chi connectivity index (χ4n) is 1.29. The number of aromatic nitrogens is 1. The molecule has 4 heteroatoms. The highest BCUT2D eigenvalue weighted by atomic mass is 16.5. The maximum atomic E-state index is 5.50. The second kappa shape index (κ2) is 7.90. The molecule has 1 aromatic heterocycles. The van der Waals surface area contributed by atoms with Crippen LogP contribution >= 0.6 is 0 Å². The van der Waals surface area contributed by atoms with Crippen molar-refractivity contribution in [2.75, 3.05) is 32.2 Å². The molecule has 0 amide bonds. The van der Waals surface area contributed by atoms with Crippen LogP contribution in [-0.4, -0.2) is 31.9 Å². The van der Waals surface area contributed by atoms with Crippen LogP contribution in [0, 0.1) is 5.92 Å². The fourth-order valence-corrected chi connectivity index (χ4v) is 1.29. The van der Waals surface area contributed by atoms with Gasteiger partial charge in [-0.05, 0) is 18.4 Å². The van der Waals surface area contributed by atoms with Crippen molar-refractivity contribution in [1.29, 1.82) is 0 Å². The minimum absolute atomic E-state index is 0.628. The Hall–Kier alpha value is -1.29. The first kappa shape index (κ1) is 13.8. The Bertz CT molecular complexity index is 299. The number of hydrogen-bond acceptors (Lipinski definition) is 4. The van der Waals surface area contributed by atoms with Gasteiger partial charge in [-0.25, -0.2) is 4.98 Å². The van der Waals surface area contributed by atoms with E-state index in [1.165, 1.54) is 0 Å². The first-order valence-electron chi connectivity index (χ1n) is 6.04. The smallest absolute Gasteiger partial charge is 0.213 e. The predicted molar refractivity (Wildman–Crippen MR) is 69.6 cm³/mol. The molecule has 1 rings (SSSR count). The quantitative estimate of drug-likeness (QED) is 0.707. The van der Waals surface area contributed by atoms with Crippen LogP contribution in [0.2, 0.25) is 0 Å². The molecule has 4 nitrogen and oxygen atoms in total. The molecule has 0 unspecified atom stereocenters. The molecule has 0 atom stereocenters. The Morgan fingerprint density at radius 2 is 2.12 bits per heavy atom. The maximum absolute atomic E-state index is 5.50. The molecule has 0 spiro atoms. The Morgan fingerprint density at radius 1 is 1.29 bits per heavy atom. The van der Waals surface area contributed by atoms with Crippen LogP contribution in [0.3, 0.4) is 0 Å². The van der Waals surface area contributed by atoms with Gasteiger partial charge in [-0.2, -0.15) is 0 Å². The molecule has 0 aliphatic rings. The lowest BCUT2D eigenvalue weighted by molar-refractivity contribution is 0.132. The summed E-state index contributed by atoms with van der Waals surface area (Å²) in [5, 5.41) is 3.24. The van der Waals surface area contributed by atoms with Crippen LogP contribution < -0.4 is 10.1 Å². The van der Waals surface area contributed by atoms with Gasteiger partial charge < -0.3 is 14.8 Å². The van der Waals surface area contributed by atoms with Crippen molar-refractivity contribution in [2.24, 2.45) is 5.92 Å². The molecule has 17 heavy (non-hydrogen) atoms. The fraction of sp³-hybridized carbons (Fsp3) is 0.615. The zero-order valence-electron chi connectivity index (χ0n) is 10.9. The third kappa shape index (κ3) is 6.12. The molecule has 1 aromatic rings. The average molecular weight is 238 g/mol. The van der Waals surface area contributed by atoms with Crippen molar-refractivity contribution in [2.45, 2.75) is 20.3 Å². The summed E-state index contributed by atoms with van der Waals surface area (Å²) >= 11 is 0. The number of ether oxygens (including phenoxy) is 2. The van der Waals surface area contributed by atoms with Crippen LogP contribution in [0.1, 0.15) is 20.3 Å². The summed E-state index contributed by atoms with van der Waals surface area (Å²) < 4.78 is 10.5. The van der Waals surface area contributed by atoms with Gasteiger partial charge in [-0.3, -0.25) is 0 Å². The molecule has 0 saturated heterocycles. The summed E-state index contributed by atoms with van der Waals surface area (Å²) in [5.41, 5.74) is 0.984. The van der Waals surface area contributed by atoms with Crippen molar-refractivity contribution in [3.05, 3.63) is 18.3 Å². The van der Waals surface area contributed by atoms with E-state index in [1.807, 2.05) is 12.1 Å². The normalized spacial score (nSPS) is 10.6. The van der Waals surface area contributed by atoms with E-state index >= 15 is 0 Å². The Morgan fingerprint density at radius 3 is 2.71 bits per heavy atom. The zero-order chi connectivity index (χ0) is 12.5. The van der Waals surface area contributed by atoms with Gasteiger partial charge in [0.2, 0.25) is 5.88 Å². The standard InChI is InChI=1S/C13H22N2O2/c1-11(2)6-8-17-9-7-14-12-4-5-13(16-3)15-10-12/h4-5,10-11,14H,6-9H2,1-3H3. The number of pyridine rings is 1. The monoisotopic (exact) mass is 238 g/mol. The van der Waals surface area contributed by atoms with E-state index < -0.39 is 0 Å². The molecule has 1 heterocycles. The number of nitrogens with zero attached hydrogens (tertiary/aromatic N) is 1. The third-order valence-corrected chi connectivity index (χ3v) is 2.36. The van der Waals surface area contributed by atoms with E-state index in [4.69, 9.17) is 9.47 Å². The second-order valence-corrected chi connectivity index (χ2v) is 4.31. The Labute approximate surface area is 103 Å². The van der Waals surface area contributed by atoms with Crippen molar-refractivity contribution in [1.82, 2.24) is 4.98 Å². The lowest BCUT2D eigenvalue weighted by Crippen LogP contribution is -2.10. The molecule has 0 aliphatic carbocycles. The molecule has 0 fully saturated rings. The molecule has 0 aromatic carbocycles. The van der Waals surface area contributed by atoms with Crippen LogP contribution in [0.15, 0.2) is 18.3 Å². The summed E-state index contributed by atoms with van der Waals surface area (Å²) in [6, 6.07) is 3.78. The van der Waals surface area contributed by atoms with Gasteiger partial charge in [0.05, 0.1) is 25.6 Å². The number of anilines is 1. The van der Waals surface area contributed by atoms with Gasteiger partial charge in [-0.15, -0.1) is 0 Å². The summed E-state index contributed by atoms with van der Waals surface area (Å²) in [6.45, 7) is 6.75. The molecule has 0 radical (unpaired) electrons. The third-order valence-electron chi connectivity index (χ3n) is 2.36. The zero-order valence-corrected chi connectivity index (χ0v) is 10.9. The Balaban J connectivity index is 2.09. The molecule has 96 valence electrons. The summed E-state index contributed by atoms with van der Waals surface area (Å²) in [6.07, 6.45) is 2.87. The Kier molecular flexibility index (Phi) is 6.40. The minimum Gasteiger partial charge on any atom is -0.481 e. The molecule has 0 bridgehead atoms. The number of hydrogen-bond donors (Lipinski definition) is 1. The van der Waals surface area contributed by atoms with Crippen molar-refractivity contribution < 1.29 is 9.47 Å². The number of methoxy groups -OCH3 is 1. The molecule has 0 aliphatic heterocycles. The topological polar surface area (TPSA) is 43.4 Å². The summed E-state index contributed by atoms with van der Waals surface area (Å²) in [7, 11) is 1.61. The number of nitrogens with one attached hydrogen (secondary N) is 1. The number of rotatable bonds is 8. The maximum Gasteiger partial charge on any atom is 0.213 e. The first-order chi connectivity index (χ1) is 8.22. The van der Waals surface area contributed by atoms with Crippen LogP contribution in [0.25, 0.3) is 0 Å². The van der Waals surface area contributed by atoms with Gasteiger partial charge in [0.25, 0.3) is 0 Å². The van der Waals surface area contributed by atoms with E-state index in [2.05, 4.69) is 24.1 Å². The summed E-state index contributed by atoms with van der Waals surface area (Å²) in [4.78, 5) is 4.11. The van der Waals surface area contributed by atoms with Crippen molar-refractivity contribution in [3.8, 4) is 5.88 Å². The molecule has 1 N–H and O–H groups in total.